The summed E-state index contributed by atoms with van der Waals surface area (Å²) in [6, 6.07) is 0. The van der Waals surface area contributed by atoms with E-state index >= 15 is 0 Å². The summed E-state index contributed by atoms with van der Waals surface area (Å²) in [6.07, 6.45) is 0.464. The van der Waals surface area contributed by atoms with Crippen LogP contribution in [-0.2, 0) is 9.09 Å². The van der Waals surface area contributed by atoms with E-state index in [1.54, 1.807) is 6.92 Å². The highest BCUT2D eigenvalue weighted by Gasteiger charge is 2.03. The smallest absolute Gasteiger partial charge is 0.396 e. The van der Waals surface area contributed by atoms with Crippen LogP contribution < -0.4 is 0 Å². The SMILES string of the molecule is CC(CCO)O[PH+]=O. The fraction of sp³-hybridized carbons (Fsp3) is 1.00. The average molecular weight is 137 g/mol. The summed E-state index contributed by atoms with van der Waals surface area (Å²) in [7, 11) is -0.713. The van der Waals surface area contributed by atoms with Gasteiger partial charge in [-0.1, -0.05) is 0 Å². The molecule has 3 nitrogen and oxygen atoms in total. The van der Waals surface area contributed by atoms with E-state index < -0.39 is 8.69 Å². The largest absolute Gasteiger partial charge is 0.494 e. The molecule has 0 aromatic rings. The van der Waals surface area contributed by atoms with E-state index in [1.165, 1.54) is 0 Å². The summed E-state index contributed by atoms with van der Waals surface area (Å²) in [5, 5.41) is 8.28. The predicted molar refractivity (Wildman–Crippen MR) is 31.3 cm³/mol. The molecule has 0 aromatic heterocycles. The van der Waals surface area contributed by atoms with Crippen molar-refractivity contribution >= 4 is 8.69 Å². The zero-order valence-corrected chi connectivity index (χ0v) is 5.76. The maximum atomic E-state index is 9.74. The number of hydrogen-bond donors (Lipinski definition) is 1. The lowest BCUT2D eigenvalue weighted by atomic mass is 10.3. The Morgan fingerprint density at radius 3 is 2.88 bits per heavy atom. The van der Waals surface area contributed by atoms with Crippen LogP contribution in [0, 0.1) is 0 Å². The van der Waals surface area contributed by atoms with Crippen molar-refractivity contribution in [2.45, 2.75) is 19.4 Å². The van der Waals surface area contributed by atoms with Crippen LogP contribution >= 0.6 is 8.69 Å². The second-order valence-corrected chi connectivity index (χ2v) is 1.93. The van der Waals surface area contributed by atoms with Crippen molar-refractivity contribution in [1.82, 2.24) is 0 Å². The summed E-state index contributed by atoms with van der Waals surface area (Å²) in [5.41, 5.74) is 0. The monoisotopic (exact) mass is 137 g/mol. The number of aliphatic hydroxyl groups is 1. The van der Waals surface area contributed by atoms with Crippen molar-refractivity contribution in [3.63, 3.8) is 0 Å². The summed E-state index contributed by atoms with van der Waals surface area (Å²) in [4.78, 5) is 0. The lowest BCUT2D eigenvalue weighted by molar-refractivity contribution is 0.183. The summed E-state index contributed by atoms with van der Waals surface area (Å²) in [6.45, 7) is 1.85. The van der Waals surface area contributed by atoms with Gasteiger partial charge in [-0.25, -0.2) is 0 Å². The number of aliphatic hydroxyl groups excluding tert-OH is 1. The second-order valence-electron chi connectivity index (χ2n) is 1.52. The summed E-state index contributed by atoms with van der Waals surface area (Å²) < 4.78 is 14.3. The third-order valence-electron chi connectivity index (χ3n) is 0.785. The van der Waals surface area contributed by atoms with Gasteiger partial charge < -0.3 is 5.11 Å². The molecular formula is C4H10O3P+. The molecule has 8 heavy (non-hydrogen) atoms. The van der Waals surface area contributed by atoms with Crippen molar-refractivity contribution in [2.75, 3.05) is 6.61 Å². The number of hydrogen-bond acceptors (Lipinski definition) is 3. The van der Waals surface area contributed by atoms with Crippen LogP contribution in [0.2, 0.25) is 0 Å². The normalized spacial score (nSPS) is 14.2. The maximum Gasteiger partial charge on any atom is 0.494 e. The standard InChI is InChI=1S/C4H10O3P/c1-4(2-3-5)7-8-6/h4-5,8H,2-3H2,1H3/q+1. The van der Waals surface area contributed by atoms with Crippen LogP contribution in [-0.4, -0.2) is 17.8 Å². The van der Waals surface area contributed by atoms with E-state index in [0.717, 1.165) is 0 Å². The molecule has 0 aliphatic carbocycles. The topological polar surface area (TPSA) is 46.5 Å². The molecular weight excluding hydrogens is 127 g/mol. The molecule has 0 spiro atoms. The van der Waals surface area contributed by atoms with E-state index in [0.29, 0.717) is 6.42 Å². The van der Waals surface area contributed by atoms with Crippen molar-refractivity contribution in [1.29, 1.82) is 0 Å². The molecule has 0 fully saturated rings. The van der Waals surface area contributed by atoms with Crippen LogP contribution in [0.1, 0.15) is 13.3 Å². The van der Waals surface area contributed by atoms with E-state index in [4.69, 9.17) is 5.11 Å². The highest BCUT2D eigenvalue weighted by molar-refractivity contribution is 7.17. The van der Waals surface area contributed by atoms with E-state index in [9.17, 15) is 4.57 Å². The molecule has 0 rings (SSSR count). The van der Waals surface area contributed by atoms with Gasteiger partial charge in [-0.05, 0) is 11.5 Å². The Balaban J connectivity index is 3.03. The van der Waals surface area contributed by atoms with Gasteiger partial charge >= 0.3 is 8.69 Å². The quantitative estimate of drug-likeness (QED) is 0.580. The van der Waals surface area contributed by atoms with Crippen LogP contribution in [0.25, 0.3) is 0 Å². The van der Waals surface area contributed by atoms with Gasteiger partial charge in [0.15, 0.2) is 0 Å². The molecule has 0 bridgehead atoms. The van der Waals surface area contributed by atoms with Gasteiger partial charge in [0.25, 0.3) is 0 Å². The molecule has 0 aliphatic heterocycles. The molecule has 48 valence electrons. The van der Waals surface area contributed by atoms with Gasteiger partial charge in [-0.15, -0.1) is 4.52 Å². The Bertz CT molecular complexity index is 66.3. The summed E-state index contributed by atoms with van der Waals surface area (Å²) >= 11 is 0. The lowest BCUT2D eigenvalue weighted by Gasteiger charge is -1.96. The average Bonchev–Trinajstić information content (AvgIpc) is 1.68. The lowest BCUT2D eigenvalue weighted by Crippen LogP contribution is -2.03. The Hall–Kier alpha value is 0.0200. The third-order valence-corrected chi connectivity index (χ3v) is 1.28. The number of rotatable bonds is 4. The predicted octanol–water partition coefficient (Wildman–Crippen LogP) is 0.713. The fourth-order valence-electron chi connectivity index (χ4n) is 0.323. The first-order valence-electron chi connectivity index (χ1n) is 2.45. The first kappa shape index (κ1) is 8.02. The third kappa shape index (κ3) is 4.19. The van der Waals surface area contributed by atoms with Gasteiger partial charge in [0.2, 0.25) is 0 Å². The maximum absolute atomic E-state index is 9.74. The Kier molecular flexibility index (Phi) is 5.18. The second kappa shape index (κ2) is 5.16. The Morgan fingerprint density at radius 2 is 2.50 bits per heavy atom. The first-order chi connectivity index (χ1) is 3.81. The van der Waals surface area contributed by atoms with Crippen LogP contribution in [0.5, 0.6) is 0 Å². The van der Waals surface area contributed by atoms with Gasteiger partial charge in [0, 0.05) is 13.0 Å². The minimum Gasteiger partial charge on any atom is -0.396 e. The Morgan fingerprint density at radius 1 is 1.88 bits per heavy atom. The first-order valence-corrected chi connectivity index (χ1v) is 3.26. The molecule has 0 aliphatic rings. The zero-order valence-electron chi connectivity index (χ0n) is 4.76. The van der Waals surface area contributed by atoms with E-state index in [1.807, 2.05) is 0 Å². The van der Waals surface area contributed by atoms with Crippen LogP contribution in [0.15, 0.2) is 0 Å². The summed E-state index contributed by atoms with van der Waals surface area (Å²) in [5.74, 6) is 0. The molecule has 0 radical (unpaired) electrons. The van der Waals surface area contributed by atoms with Gasteiger partial charge in [0.05, 0.1) is 0 Å². The fourth-order valence-corrected chi connectivity index (χ4v) is 0.605. The highest BCUT2D eigenvalue weighted by Crippen LogP contribution is 2.04. The minimum atomic E-state index is -0.713. The molecule has 0 saturated carbocycles. The zero-order chi connectivity index (χ0) is 6.41. The van der Waals surface area contributed by atoms with E-state index in [2.05, 4.69) is 4.52 Å². The molecule has 0 amide bonds. The van der Waals surface area contributed by atoms with Gasteiger partial charge in [0.1, 0.15) is 6.10 Å². The molecule has 2 atom stereocenters. The van der Waals surface area contributed by atoms with Crippen LogP contribution in [0.4, 0.5) is 0 Å². The van der Waals surface area contributed by atoms with Crippen molar-refractivity contribution in [3.05, 3.63) is 0 Å². The highest BCUT2D eigenvalue weighted by atomic mass is 31.1. The molecule has 0 saturated heterocycles. The van der Waals surface area contributed by atoms with Crippen molar-refractivity contribution in [2.24, 2.45) is 0 Å². The van der Waals surface area contributed by atoms with Crippen molar-refractivity contribution < 1.29 is 14.2 Å². The van der Waals surface area contributed by atoms with Gasteiger partial charge in [-0.3, -0.25) is 0 Å². The Labute approximate surface area is 49.9 Å². The van der Waals surface area contributed by atoms with Crippen molar-refractivity contribution in [3.8, 4) is 0 Å². The van der Waals surface area contributed by atoms with Gasteiger partial charge in [-0.2, -0.15) is 0 Å². The molecule has 2 unspecified atom stereocenters. The molecule has 0 aromatic carbocycles. The molecule has 4 heteroatoms. The molecule has 1 N–H and O–H groups in total. The van der Waals surface area contributed by atoms with E-state index in [-0.39, 0.29) is 12.7 Å². The minimum absolute atomic E-state index is 0.0872. The molecule has 0 heterocycles. The van der Waals surface area contributed by atoms with Crippen LogP contribution in [0.3, 0.4) is 0 Å².